The Kier molecular flexibility index (Phi) is 4.33. The number of fused-ring (bicyclic) bond motifs is 1. The summed E-state index contributed by atoms with van der Waals surface area (Å²) in [6.45, 7) is 5.34. The lowest BCUT2D eigenvalue weighted by Gasteiger charge is -2.18. The monoisotopic (exact) mass is 246 g/mol. The van der Waals surface area contributed by atoms with E-state index in [1.54, 1.807) is 0 Å². The highest BCUT2D eigenvalue weighted by molar-refractivity contribution is 5.74. The Morgan fingerprint density at radius 3 is 2.78 bits per heavy atom. The molecule has 98 valence electrons. The van der Waals surface area contributed by atoms with Gasteiger partial charge in [0.1, 0.15) is 0 Å². The van der Waals surface area contributed by atoms with Crippen molar-refractivity contribution in [3.8, 4) is 0 Å². The van der Waals surface area contributed by atoms with Crippen LogP contribution in [0.3, 0.4) is 0 Å². The van der Waals surface area contributed by atoms with Crippen molar-refractivity contribution < 1.29 is 0 Å². The van der Waals surface area contributed by atoms with Crippen LogP contribution in [0.1, 0.15) is 26.7 Å². The molecule has 0 aliphatic heterocycles. The molecule has 0 amide bonds. The number of imidazole rings is 1. The van der Waals surface area contributed by atoms with Gasteiger partial charge in [-0.1, -0.05) is 26.0 Å². The van der Waals surface area contributed by atoms with Crippen molar-refractivity contribution in [3.05, 3.63) is 30.6 Å². The second-order valence-electron chi connectivity index (χ2n) is 5.22. The second kappa shape index (κ2) is 5.98. The van der Waals surface area contributed by atoms with Crippen LogP contribution in [-0.2, 0) is 6.54 Å². The highest BCUT2D eigenvalue weighted by Crippen LogP contribution is 2.14. The molecule has 4 nitrogen and oxygen atoms in total. The van der Waals surface area contributed by atoms with E-state index in [9.17, 15) is 0 Å². The number of hydrogen-bond donors (Lipinski definition) is 2. The fraction of sp³-hybridized carbons (Fsp3) is 0.500. The average molecular weight is 246 g/mol. The molecule has 4 heteroatoms. The number of nitrogens with one attached hydrogen (secondary N) is 1. The first-order valence-corrected chi connectivity index (χ1v) is 6.56. The number of hydrogen-bond acceptors (Lipinski definition) is 3. The molecule has 0 aliphatic rings. The van der Waals surface area contributed by atoms with Gasteiger partial charge in [0, 0.05) is 12.6 Å². The largest absolute Gasteiger partial charge is 0.329 e. The molecule has 1 heterocycles. The predicted molar refractivity (Wildman–Crippen MR) is 74.9 cm³/mol. The molecule has 0 saturated heterocycles. The summed E-state index contributed by atoms with van der Waals surface area (Å²) in [4.78, 5) is 4.40. The zero-order chi connectivity index (χ0) is 13.0. The van der Waals surface area contributed by atoms with Gasteiger partial charge in [-0.3, -0.25) is 11.3 Å². The van der Waals surface area contributed by atoms with Crippen LogP contribution in [-0.4, -0.2) is 15.6 Å². The summed E-state index contributed by atoms with van der Waals surface area (Å²) in [5.41, 5.74) is 5.12. The first-order valence-electron chi connectivity index (χ1n) is 6.56. The SMILES string of the molecule is CC(C)CCC(Cn1cnc2ccccc21)NN. The van der Waals surface area contributed by atoms with Crippen LogP contribution < -0.4 is 11.3 Å². The van der Waals surface area contributed by atoms with Gasteiger partial charge in [0.05, 0.1) is 17.4 Å². The third kappa shape index (κ3) is 3.09. The highest BCUT2D eigenvalue weighted by atomic mass is 15.2. The Labute approximate surface area is 108 Å². The Hall–Kier alpha value is -1.39. The van der Waals surface area contributed by atoms with Crippen molar-refractivity contribution in [2.45, 2.75) is 39.3 Å². The van der Waals surface area contributed by atoms with Crippen LogP contribution in [0.5, 0.6) is 0 Å². The summed E-state index contributed by atoms with van der Waals surface area (Å²) < 4.78 is 2.17. The van der Waals surface area contributed by atoms with Gasteiger partial charge in [0.25, 0.3) is 0 Å². The molecule has 0 spiro atoms. The maximum Gasteiger partial charge on any atom is 0.0958 e. The lowest BCUT2D eigenvalue weighted by Crippen LogP contribution is -2.38. The van der Waals surface area contributed by atoms with Gasteiger partial charge in [-0.15, -0.1) is 0 Å². The van der Waals surface area contributed by atoms with Crippen LogP contribution >= 0.6 is 0 Å². The number of para-hydroxylation sites is 2. The Bertz CT molecular complexity index is 489. The molecule has 1 unspecified atom stereocenters. The van der Waals surface area contributed by atoms with E-state index in [-0.39, 0.29) is 0 Å². The Balaban J connectivity index is 2.07. The minimum absolute atomic E-state index is 0.296. The van der Waals surface area contributed by atoms with Crippen molar-refractivity contribution in [2.75, 3.05) is 0 Å². The molecule has 1 atom stereocenters. The predicted octanol–water partition coefficient (Wildman–Crippen LogP) is 2.30. The van der Waals surface area contributed by atoms with Crippen LogP contribution in [0.2, 0.25) is 0 Å². The second-order valence-corrected chi connectivity index (χ2v) is 5.22. The topological polar surface area (TPSA) is 55.9 Å². The number of rotatable bonds is 6. The molecule has 2 rings (SSSR count). The summed E-state index contributed by atoms with van der Waals surface area (Å²) in [7, 11) is 0. The minimum atomic E-state index is 0.296. The normalized spacial score (nSPS) is 13.3. The fourth-order valence-electron chi connectivity index (χ4n) is 2.16. The molecule has 1 aromatic carbocycles. The van der Waals surface area contributed by atoms with Gasteiger partial charge in [0.15, 0.2) is 0 Å². The van der Waals surface area contributed by atoms with E-state index >= 15 is 0 Å². The van der Waals surface area contributed by atoms with Gasteiger partial charge in [-0.25, -0.2) is 4.98 Å². The molecule has 18 heavy (non-hydrogen) atoms. The molecule has 0 fully saturated rings. The van der Waals surface area contributed by atoms with Gasteiger partial charge in [-0.2, -0.15) is 0 Å². The van der Waals surface area contributed by atoms with Crippen molar-refractivity contribution in [2.24, 2.45) is 11.8 Å². The van der Waals surface area contributed by atoms with Gasteiger partial charge in [-0.05, 0) is 30.9 Å². The van der Waals surface area contributed by atoms with Crippen LogP contribution in [0, 0.1) is 5.92 Å². The molecule has 0 radical (unpaired) electrons. The smallest absolute Gasteiger partial charge is 0.0958 e. The number of nitrogens with zero attached hydrogens (tertiary/aromatic N) is 2. The summed E-state index contributed by atoms with van der Waals surface area (Å²) in [6.07, 6.45) is 4.16. The van der Waals surface area contributed by atoms with E-state index < -0.39 is 0 Å². The Morgan fingerprint density at radius 2 is 2.06 bits per heavy atom. The van der Waals surface area contributed by atoms with Crippen LogP contribution in [0.4, 0.5) is 0 Å². The first-order chi connectivity index (χ1) is 8.70. The highest BCUT2D eigenvalue weighted by Gasteiger charge is 2.10. The minimum Gasteiger partial charge on any atom is -0.329 e. The molecular formula is C14H22N4. The van der Waals surface area contributed by atoms with Crippen molar-refractivity contribution in [1.29, 1.82) is 0 Å². The maximum atomic E-state index is 5.64. The van der Waals surface area contributed by atoms with E-state index in [1.807, 2.05) is 24.5 Å². The summed E-state index contributed by atoms with van der Waals surface area (Å²) in [6, 6.07) is 8.48. The lowest BCUT2D eigenvalue weighted by molar-refractivity contribution is 0.398. The van der Waals surface area contributed by atoms with Crippen molar-refractivity contribution in [3.63, 3.8) is 0 Å². The maximum absolute atomic E-state index is 5.64. The summed E-state index contributed by atoms with van der Waals surface area (Å²) in [5.74, 6) is 6.34. The van der Waals surface area contributed by atoms with Crippen LogP contribution in [0.15, 0.2) is 30.6 Å². The zero-order valence-electron chi connectivity index (χ0n) is 11.1. The average Bonchev–Trinajstić information content (AvgIpc) is 2.77. The number of benzene rings is 1. The standard InChI is InChI=1S/C14H22N4/c1-11(2)7-8-12(17-15)9-18-10-16-13-5-3-4-6-14(13)18/h3-6,10-12,17H,7-9,15H2,1-2H3. The molecule has 0 bridgehead atoms. The van der Waals surface area contributed by atoms with Crippen molar-refractivity contribution >= 4 is 11.0 Å². The van der Waals surface area contributed by atoms with E-state index in [2.05, 4.69) is 34.9 Å². The van der Waals surface area contributed by atoms with E-state index in [0.717, 1.165) is 18.5 Å². The molecule has 3 N–H and O–H groups in total. The van der Waals surface area contributed by atoms with E-state index in [4.69, 9.17) is 5.84 Å². The number of aromatic nitrogens is 2. The number of nitrogens with two attached hydrogens (primary N) is 1. The molecule has 1 aromatic heterocycles. The van der Waals surface area contributed by atoms with Crippen molar-refractivity contribution in [1.82, 2.24) is 15.0 Å². The molecule has 0 saturated carbocycles. The van der Waals surface area contributed by atoms with Crippen LogP contribution in [0.25, 0.3) is 11.0 Å². The summed E-state index contributed by atoms with van der Waals surface area (Å²) in [5, 5.41) is 0. The van der Waals surface area contributed by atoms with Gasteiger partial charge in [0.2, 0.25) is 0 Å². The summed E-state index contributed by atoms with van der Waals surface area (Å²) >= 11 is 0. The molecule has 0 aliphatic carbocycles. The number of hydrazine groups is 1. The molecule has 2 aromatic rings. The quantitative estimate of drug-likeness (QED) is 0.607. The lowest BCUT2D eigenvalue weighted by atomic mass is 10.0. The van der Waals surface area contributed by atoms with E-state index in [1.165, 1.54) is 11.9 Å². The molecular weight excluding hydrogens is 224 g/mol. The Morgan fingerprint density at radius 1 is 1.28 bits per heavy atom. The van der Waals surface area contributed by atoms with E-state index in [0.29, 0.717) is 12.0 Å². The zero-order valence-corrected chi connectivity index (χ0v) is 11.1. The fourth-order valence-corrected chi connectivity index (χ4v) is 2.16. The first kappa shape index (κ1) is 13.1. The third-order valence-corrected chi connectivity index (χ3v) is 3.27. The van der Waals surface area contributed by atoms with Gasteiger partial charge >= 0.3 is 0 Å². The van der Waals surface area contributed by atoms with Gasteiger partial charge < -0.3 is 4.57 Å². The third-order valence-electron chi connectivity index (χ3n) is 3.27.